The van der Waals surface area contributed by atoms with Crippen molar-refractivity contribution in [2.24, 2.45) is 0 Å². The van der Waals surface area contributed by atoms with Crippen molar-refractivity contribution in [3.8, 4) is 0 Å². The molecular weight excluding hydrogens is 296 g/mol. The van der Waals surface area contributed by atoms with Crippen molar-refractivity contribution in [1.29, 1.82) is 0 Å². The molecule has 118 valence electrons. The lowest BCUT2D eigenvalue weighted by molar-refractivity contribution is 0.102. The van der Waals surface area contributed by atoms with E-state index in [1.807, 2.05) is 38.1 Å². The molecule has 2 aromatic rings. The van der Waals surface area contributed by atoms with E-state index in [0.29, 0.717) is 12.4 Å². The number of ether oxygens (including phenoxy) is 1. The Labute approximate surface area is 135 Å². The van der Waals surface area contributed by atoms with Crippen LogP contribution in [0.25, 0.3) is 0 Å². The topological polar surface area (TPSA) is 44.1 Å². The van der Waals surface area contributed by atoms with Crippen LogP contribution in [0.3, 0.4) is 0 Å². The van der Waals surface area contributed by atoms with E-state index in [4.69, 9.17) is 4.74 Å². The van der Waals surface area contributed by atoms with Crippen molar-refractivity contribution >= 4 is 17.5 Å². The number of aryl methyl sites for hydroxylation is 1. The summed E-state index contributed by atoms with van der Waals surface area (Å²) >= 11 is 1.47. The summed E-state index contributed by atoms with van der Waals surface area (Å²) in [5.74, 6) is 0.541. The maximum absolute atomic E-state index is 12.5. The summed E-state index contributed by atoms with van der Waals surface area (Å²) in [6.07, 6.45) is 1.74. The monoisotopic (exact) mass is 318 g/mol. The summed E-state index contributed by atoms with van der Waals surface area (Å²) in [6, 6.07) is 7.91. The molecule has 0 spiro atoms. The van der Waals surface area contributed by atoms with Crippen LogP contribution in [-0.4, -0.2) is 34.8 Å². The van der Waals surface area contributed by atoms with Crippen LogP contribution in [0.1, 0.15) is 34.7 Å². The van der Waals surface area contributed by atoms with Crippen molar-refractivity contribution in [1.82, 2.24) is 9.55 Å². The van der Waals surface area contributed by atoms with E-state index in [-0.39, 0.29) is 11.8 Å². The molecule has 2 rings (SSSR count). The summed E-state index contributed by atoms with van der Waals surface area (Å²) < 4.78 is 7.39. The Hall–Kier alpha value is -1.59. The standard InChI is InChI=1S/C17H22N2O2S/c1-12-9-15(14(3)19(12)13(2)10-21-4)16(20)11-22-17-7-5-6-8-18-17/h5-9,13H,10-11H2,1-4H3. The summed E-state index contributed by atoms with van der Waals surface area (Å²) in [6.45, 7) is 6.76. The third kappa shape index (κ3) is 3.78. The maximum atomic E-state index is 12.5. The van der Waals surface area contributed by atoms with Crippen molar-refractivity contribution in [2.75, 3.05) is 19.5 Å². The second-order valence-corrected chi connectivity index (χ2v) is 6.33. The number of nitrogens with zero attached hydrogens (tertiary/aromatic N) is 2. The van der Waals surface area contributed by atoms with Crippen LogP contribution in [0, 0.1) is 13.8 Å². The van der Waals surface area contributed by atoms with E-state index >= 15 is 0 Å². The predicted molar refractivity (Wildman–Crippen MR) is 89.8 cm³/mol. The normalized spacial score (nSPS) is 12.4. The fraction of sp³-hybridized carbons (Fsp3) is 0.412. The molecule has 0 saturated heterocycles. The van der Waals surface area contributed by atoms with Crippen LogP contribution in [0.5, 0.6) is 0 Å². The van der Waals surface area contributed by atoms with Gasteiger partial charge < -0.3 is 9.30 Å². The Bertz CT molecular complexity index is 638. The minimum Gasteiger partial charge on any atom is -0.383 e. The SMILES string of the molecule is COCC(C)n1c(C)cc(C(=O)CSc2ccccn2)c1C. The van der Waals surface area contributed by atoms with Gasteiger partial charge in [-0.3, -0.25) is 4.79 Å². The maximum Gasteiger partial charge on any atom is 0.174 e. The van der Waals surface area contributed by atoms with Crippen molar-refractivity contribution in [3.63, 3.8) is 0 Å². The van der Waals surface area contributed by atoms with Gasteiger partial charge in [0.15, 0.2) is 5.78 Å². The Balaban J connectivity index is 2.12. The van der Waals surface area contributed by atoms with Gasteiger partial charge in [-0.25, -0.2) is 4.98 Å². The number of hydrogen-bond donors (Lipinski definition) is 0. The van der Waals surface area contributed by atoms with E-state index in [2.05, 4.69) is 16.5 Å². The van der Waals surface area contributed by atoms with Gasteiger partial charge >= 0.3 is 0 Å². The first kappa shape index (κ1) is 16.8. The highest BCUT2D eigenvalue weighted by atomic mass is 32.2. The van der Waals surface area contributed by atoms with Gasteiger partial charge in [-0.15, -0.1) is 0 Å². The zero-order valence-corrected chi connectivity index (χ0v) is 14.3. The van der Waals surface area contributed by atoms with Crippen molar-refractivity contribution < 1.29 is 9.53 Å². The minimum absolute atomic E-state index is 0.139. The third-order valence-corrected chi connectivity index (χ3v) is 4.57. The van der Waals surface area contributed by atoms with E-state index in [1.165, 1.54) is 11.8 Å². The summed E-state index contributed by atoms with van der Waals surface area (Å²) in [4.78, 5) is 16.7. The molecule has 4 nitrogen and oxygen atoms in total. The lowest BCUT2D eigenvalue weighted by atomic mass is 10.2. The fourth-order valence-corrected chi connectivity index (χ4v) is 3.45. The molecule has 0 aliphatic rings. The predicted octanol–water partition coefficient (Wildman–Crippen LogP) is 3.68. The molecular formula is C17H22N2O2S. The summed E-state index contributed by atoms with van der Waals surface area (Å²) in [5, 5.41) is 0.873. The number of carbonyl (C=O) groups is 1. The quantitative estimate of drug-likeness (QED) is 0.577. The molecule has 5 heteroatoms. The molecule has 0 bridgehead atoms. The highest BCUT2D eigenvalue weighted by Gasteiger charge is 2.18. The van der Waals surface area contributed by atoms with Gasteiger partial charge in [-0.05, 0) is 39.0 Å². The van der Waals surface area contributed by atoms with Gasteiger partial charge in [0.05, 0.1) is 23.4 Å². The number of thioether (sulfide) groups is 1. The second-order valence-electron chi connectivity index (χ2n) is 5.34. The number of pyridine rings is 1. The van der Waals surface area contributed by atoms with E-state index in [1.54, 1.807) is 13.3 Å². The first-order valence-electron chi connectivity index (χ1n) is 7.29. The van der Waals surface area contributed by atoms with Crippen LogP contribution < -0.4 is 0 Å². The molecule has 0 aromatic carbocycles. The van der Waals surface area contributed by atoms with Crippen LogP contribution in [0.15, 0.2) is 35.5 Å². The van der Waals surface area contributed by atoms with Crippen LogP contribution in [0.4, 0.5) is 0 Å². The van der Waals surface area contributed by atoms with Gasteiger partial charge in [-0.2, -0.15) is 0 Å². The molecule has 1 atom stereocenters. The number of aromatic nitrogens is 2. The van der Waals surface area contributed by atoms with E-state index < -0.39 is 0 Å². The Kier molecular flexibility index (Phi) is 5.80. The largest absolute Gasteiger partial charge is 0.383 e. The zero-order chi connectivity index (χ0) is 16.1. The lowest BCUT2D eigenvalue weighted by Crippen LogP contribution is -2.14. The molecule has 0 amide bonds. The molecule has 0 saturated carbocycles. The molecule has 0 N–H and O–H groups in total. The van der Waals surface area contributed by atoms with Gasteiger partial charge in [0, 0.05) is 30.3 Å². The molecule has 0 aliphatic heterocycles. The van der Waals surface area contributed by atoms with Crippen LogP contribution >= 0.6 is 11.8 Å². The molecule has 0 aliphatic carbocycles. The summed E-state index contributed by atoms with van der Waals surface area (Å²) in [5.41, 5.74) is 2.89. The highest BCUT2D eigenvalue weighted by molar-refractivity contribution is 7.99. The number of rotatable bonds is 7. The lowest BCUT2D eigenvalue weighted by Gasteiger charge is -2.17. The Morgan fingerprint density at radius 2 is 2.18 bits per heavy atom. The van der Waals surface area contributed by atoms with Crippen LogP contribution in [0.2, 0.25) is 0 Å². The number of ketones is 1. The molecule has 22 heavy (non-hydrogen) atoms. The number of methoxy groups -OCH3 is 1. The average molecular weight is 318 g/mol. The van der Waals surface area contributed by atoms with E-state index in [0.717, 1.165) is 22.0 Å². The smallest absolute Gasteiger partial charge is 0.174 e. The minimum atomic E-state index is 0.139. The average Bonchev–Trinajstić information content (AvgIpc) is 2.81. The first-order valence-corrected chi connectivity index (χ1v) is 8.27. The second kappa shape index (κ2) is 7.61. The number of carbonyl (C=O) groups excluding carboxylic acids is 1. The van der Waals surface area contributed by atoms with Gasteiger partial charge in [0.1, 0.15) is 0 Å². The number of Topliss-reactive ketones (excluding diaryl/α,β-unsaturated/α-hetero) is 1. The van der Waals surface area contributed by atoms with Crippen LogP contribution in [-0.2, 0) is 4.74 Å². The van der Waals surface area contributed by atoms with Gasteiger partial charge in [0.2, 0.25) is 0 Å². The summed E-state index contributed by atoms with van der Waals surface area (Å²) in [7, 11) is 1.69. The Morgan fingerprint density at radius 1 is 1.41 bits per heavy atom. The molecule has 1 unspecified atom stereocenters. The molecule has 0 radical (unpaired) electrons. The Morgan fingerprint density at radius 3 is 2.82 bits per heavy atom. The fourth-order valence-electron chi connectivity index (χ4n) is 2.70. The van der Waals surface area contributed by atoms with Gasteiger partial charge in [-0.1, -0.05) is 17.8 Å². The van der Waals surface area contributed by atoms with E-state index in [9.17, 15) is 4.79 Å². The third-order valence-electron chi connectivity index (χ3n) is 3.62. The first-order chi connectivity index (χ1) is 10.5. The highest BCUT2D eigenvalue weighted by Crippen LogP contribution is 2.23. The zero-order valence-electron chi connectivity index (χ0n) is 13.5. The van der Waals surface area contributed by atoms with Gasteiger partial charge in [0.25, 0.3) is 0 Å². The number of hydrogen-bond acceptors (Lipinski definition) is 4. The van der Waals surface area contributed by atoms with Crippen molar-refractivity contribution in [2.45, 2.75) is 31.8 Å². The molecule has 0 fully saturated rings. The van der Waals surface area contributed by atoms with Crippen molar-refractivity contribution in [3.05, 3.63) is 47.4 Å². The molecule has 2 heterocycles. The molecule has 2 aromatic heterocycles.